The van der Waals surface area contributed by atoms with Crippen molar-refractivity contribution in [1.82, 2.24) is 20.1 Å². The number of hydrogen-bond acceptors (Lipinski definition) is 4. The number of benzene rings is 1. The summed E-state index contributed by atoms with van der Waals surface area (Å²) >= 11 is 1.57. The Morgan fingerprint density at radius 3 is 2.88 bits per heavy atom. The molecule has 3 aromatic rings. The molecule has 0 aliphatic heterocycles. The van der Waals surface area contributed by atoms with E-state index in [1.54, 1.807) is 17.4 Å². The molecular weight excluding hydrogens is 320 g/mol. The molecule has 3 rings (SSSR count). The summed E-state index contributed by atoms with van der Waals surface area (Å²) in [5, 5.41) is 10.3. The maximum Gasteiger partial charge on any atom is 0.244 e. The van der Waals surface area contributed by atoms with Crippen LogP contribution >= 0.6 is 11.3 Å². The molecule has 2 heterocycles. The van der Waals surface area contributed by atoms with Gasteiger partial charge in [-0.25, -0.2) is 9.67 Å². The molecule has 122 valence electrons. The number of hydrogen-bond donors (Lipinski definition) is 1. The van der Waals surface area contributed by atoms with E-state index in [4.69, 9.17) is 0 Å². The lowest BCUT2D eigenvalue weighted by Gasteiger charge is -2.01. The van der Waals surface area contributed by atoms with Gasteiger partial charge < -0.3 is 5.32 Å². The van der Waals surface area contributed by atoms with Gasteiger partial charge >= 0.3 is 0 Å². The van der Waals surface area contributed by atoms with Gasteiger partial charge in [-0.3, -0.25) is 4.79 Å². The highest BCUT2D eigenvalue weighted by molar-refractivity contribution is 7.09. The third kappa shape index (κ3) is 4.39. The van der Waals surface area contributed by atoms with Gasteiger partial charge in [0.05, 0.1) is 22.1 Å². The Morgan fingerprint density at radius 2 is 2.12 bits per heavy atom. The Morgan fingerprint density at radius 1 is 1.29 bits per heavy atom. The monoisotopic (exact) mass is 338 g/mol. The maximum absolute atomic E-state index is 11.8. The zero-order chi connectivity index (χ0) is 16.8. The molecule has 2 aromatic heterocycles. The SMILES string of the molecule is Cc1nc(/C=C\C(=O)NCCc2ccn(-c3ccccc3)n2)cs1. The molecular formula is C18H18N4OS. The van der Waals surface area contributed by atoms with Crippen molar-refractivity contribution in [3.63, 3.8) is 0 Å². The van der Waals surface area contributed by atoms with Crippen LogP contribution in [0.4, 0.5) is 0 Å². The van der Waals surface area contributed by atoms with Crippen molar-refractivity contribution in [3.05, 3.63) is 70.4 Å². The molecule has 6 heteroatoms. The maximum atomic E-state index is 11.8. The highest BCUT2D eigenvalue weighted by atomic mass is 32.1. The summed E-state index contributed by atoms with van der Waals surface area (Å²) in [4.78, 5) is 16.1. The zero-order valence-corrected chi connectivity index (χ0v) is 14.2. The van der Waals surface area contributed by atoms with Crippen molar-refractivity contribution in [2.75, 3.05) is 6.54 Å². The van der Waals surface area contributed by atoms with Gasteiger partial charge in [-0.05, 0) is 31.2 Å². The quantitative estimate of drug-likeness (QED) is 0.703. The van der Waals surface area contributed by atoms with Crippen LogP contribution < -0.4 is 5.32 Å². The fourth-order valence-corrected chi connectivity index (χ4v) is 2.79. The number of carbonyl (C=O) groups is 1. The molecule has 0 aliphatic rings. The number of aryl methyl sites for hydroxylation is 1. The third-order valence-corrected chi connectivity index (χ3v) is 4.18. The molecule has 1 aromatic carbocycles. The number of aromatic nitrogens is 3. The number of amides is 1. The molecule has 0 radical (unpaired) electrons. The van der Waals surface area contributed by atoms with E-state index in [-0.39, 0.29) is 5.91 Å². The van der Waals surface area contributed by atoms with E-state index >= 15 is 0 Å². The first kappa shape index (κ1) is 16.1. The van der Waals surface area contributed by atoms with Crippen molar-refractivity contribution in [2.24, 2.45) is 0 Å². The Hall–Kier alpha value is -2.73. The van der Waals surface area contributed by atoms with Crippen LogP contribution in [0, 0.1) is 6.92 Å². The minimum Gasteiger partial charge on any atom is -0.352 e. The first-order valence-electron chi connectivity index (χ1n) is 7.69. The van der Waals surface area contributed by atoms with Crippen LogP contribution in [0.3, 0.4) is 0 Å². The lowest BCUT2D eigenvalue weighted by molar-refractivity contribution is -0.116. The average molecular weight is 338 g/mol. The van der Waals surface area contributed by atoms with E-state index in [0.717, 1.165) is 22.1 Å². The Bertz CT molecular complexity index is 836. The predicted molar refractivity (Wildman–Crippen MR) is 96.2 cm³/mol. The van der Waals surface area contributed by atoms with Gasteiger partial charge in [0.15, 0.2) is 0 Å². The highest BCUT2D eigenvalue weighted by Crippen LogP contribution is 2.09. The van der Waals surface area contributed by atoms with Gasteiger partial charge in [0.25, 0.3) is 0 Å². The number of carbonyl (C=O) groups excluding carboxylic acids is 1. The number of thiazole rings is 1. The number of para-hydroxylation sites is 1. The van der Waals surface area contributed by atoms with Crippen molar-refractivity contribution in [2.45, 2.75) is 13.3 Å². The van der Waals surface area contributed by atoms with Crippen molar-refractivity contribution in [3.8, 4) is 5.69 Å². The minimum absolute atomic E-state index is 0.122. The van der Waals surface area contributed by atoms with E-state index in [1.165, 1.54) is 6.08 Å². The summed E-state index contributed by atoms with van der Waals surface area (Å²) in [5.74, 6) is -0.122. The smallest absolute Gasteiger partial charge is 0.244 e. The summed E-state index contributed by atoms with van der Waals surface area (Å²) in [6.07, 6.45) is 5.85. The van der Waals surface area contributed by atoms with Crippen LogP contribution in [-0.2, 0) is 11.2 Å². The van der Waals surface area contributed by atoms with Crippen LogP contribution in [0.1, 0.15) is 16.4 Å². The second-order valence-electron chi connectivity index (χ2n) is 5.25. The van der Waals surface area contributed by atoms with Crippen molar-refractivity contribution >= 4 is 23.3 Å². The van der Waals surface area contributed by atoms with Crippen LogP contribution in [0.25, 0.3) is 11.8 Å². The van der Waals surface area contributed by atoms with Gasteiger partial charge in [0.1, 0.15) is 0 Å². The summed E-state index contributed by atoms with van der Waals surface area (Å²) in [6.45, 7) is 2.49. The molecule has 5 nitrogen and oxygen atoms in total. The summed E-state index contributed by atoms with van der Waals surface area (Å²) in [7, 11) is 0. The second kappa shape index (κ2) is 7.70. The van der Waals surface area contributed by atoms with E-state index in [9.17, 15) is 4.79 Å². The standard InChI is InChI=1S/C18H18N4OS/c1-14-20-16(13-24-14)7-8-18(23)19-11-9-15-10-12-22(21-15)17-5-3-2-4-6-17/h2-8,10,12-13H,9,11H2,1H3,(H,19,23)/b8-7-. The molecule has 1 N–H and O–H groups in total. The van der Waals surface area contributed by atoms with Crippen LogP contribution in [0.2, 0.25) is 0 Å². The minimum atomic E-state index is -0.122. The Labute approximate surface area is 144 Å². The van der Waals surface area contributed by atoms with Gasteiger partial charge in [0, 0.05) is 30.6 Å². The molecule has 0 bridgehead atoms. The molecule has 0 unspecified atom stereocenters. The van der Waals surface area contributed by atoms with Gasteiger partial charge in [-0.1, -0.05) is 18.2 Å². The first-order valence-corrected chi connectivity index (χ1v) is 8.57. The number of rotatable bonds is 6. The van der Waals surface area contributed by atoms with E-state index in [2.05, 4.69) is 15.4 Å². The zero-order valence-electron chi connectivity index (χ0n) is 13.3. The molecule has 0 aliphatic carbocycles. The van der Waals surface area contributed by atoms with Gasteiger partial charge in [0.2, 0.25) is 5.91 Å². The fraction of sp³-hybridized carbons (Fsp3) is 0.167. The fourth-order valence-electron chi connectivity index (χ4n) is 2.21. The molecule has 0 saturated heterocycles. The molecule has 0 atom stereocenters. The topological polar surface area (TPSA) is 59.8 Å². The summed E-state index contributed by atoms with van der Waals surface area (Å²) in [5.41, 5.74) is 2.78. The molecule has 1 amide bonds. The van der Waals surface area contributed by atoms with Crippen LogP contribution in [0.15, 0.2) is 54.1 Å². The van der Waals surface area contributed by atoms with Gasteiger partial charge in [-0.2, -0.15) is 5.10 Å². The molecule has 0 saturated carbocycles. The molecule has 24 heavy (non-hydrogen) atoms. The van der Waals surface area contributed by atoms with E-state index < -0.39 is 0 Å². The summed E-state index contributed by atoms with van der Waals surface area (Å²) < 4.78 is 1.83. The van der Waals surface area contributed by atoms with Crippen LogP contribution in [-0.4, -0.2) is 27.2 Å². The van der Waals surface area contributed by atoms with Crippen LogP contribution in [0.5, 0.6) is 0 Å². The number of nitrogens with one attached hydrogen (secondary N) is 1. The lowest BCUT2D eigenvalue weighted by atomic mass is 10.3. The number of nitrogens with zero attached hydrogens (tertiary/aromatic N) is 3. The Kier molecular flexibility index (Phi) is 5.18. The highest BCUT2D eigenvalue weighted by Gasteiger charge is 2.02. The van der Waals surface area contributed by atoms with Gasteiger partial charge in [-0.15, -0.1) is 11.3 Å². The normalized spacial score (nSPS) is 11.0. The summed E-state index contributed by atoms with van der Waals surface area (Å²) in [6, 6.07) is 11.9. The largest absolute Gasteiger partial charge is 0.352 e. The molecule has 0 spiro atoms. The van der Waals surface area contributed by atoms with E-state index in [0.29, 0.717) is 13.0 Å². The second-order valence-corrected chi connectivity index (χ2v) is 6.32. The lowest BCUT2D eigenvalue weighted by Crippen LogP contribution is -2.23. The van der Waals surface area contributed by atoms with Crippen molar-refractivity contribution < 1.29 is 4.79 Å². The predicted octanol–water partition coefficient (Wildman–Crippen LogP) is 3.01. The average Bonchev–Trinajstić information content (AvgIpc) is 3.23. The first-order chi connectivity index (χ1) is 11.7. The van der Waals surface area contributed by atoms with E-state index in [1.807, 2.05) is 59.6 Å². The van der Waals surface area contributed by atoms with Crippen molar-refractivity contribution in [1.29, 1.82) is 0 Å². The third-order valence-electron chi connectivity index (χ3n) is 3.39. The molecule has 0 fully saturated rings. The Balaban J connectivity index is 1.47.